The van der Waals surface area contributed by atoms with Crippen molar-refractivity contribution in [1.29, 1.82) is 5.26 Å². The van der Waals surface area contributed by atoms with Gasteiger partial charge in [0.1, 0.15) is 10.5 Å². The fourth-order valence-electron chi connectivity index (χ4n) is 1.66. The Morgan fingerprint density at radius 1 is 1.48 bits per heavy atom. The smallest absolute Gasteiger partial charge is 0.417 e. The van der Waals surface area contributed by atoms with Crippen LogP contribution < -0.4 is 4.74 Å². The van der Waals surface area contributed by atoms with Gasteiger partial charge in [0.2, 0.25) is 6.19 Å². The van der Waals surface area contributed by atoms with E-state index in [1.165, 1.54) is 0 Å². The molecule has 0 heterocycles. The van der Waals surface area contributed by atoms with Gasteiger partial charge < -0.3 is 9.84 Å². The van der Waals surface area contributed by atoms with E-state index in [-0.39, 0.29) is 0 Å². The molecular formula is C11H9F3N2O4S. The predicted octanol–water partition coefficient (Wildman–Crippen LogP) is 2.35. The van der Waals surface area contributed by atoms with Gasteiger partial charge in [-0.1, -0.05) is 0 Å². The van der Waals surface area contributed by atoms with Gasteiger partial charge in [-0.15, -0.1) is 4.36 Å². The molecule has 1 aromatic carbocycles. The summed E-state index contributed by atoms with van der Waals surface area (Å²) in [4.78, 5) is 10.1. The first-order chi connectivity index (χ1) is 9.56. The second kappa shape index (κ2) is 5.61. The number of hydrogen-bond acceptors (Lipinski definition) is 5. The number of alkyl halides is 3. The van der Waals surface area contributed by atoms with E-state index >= 15 is 0 Å². The summed E-state index contributed by atoms with van der Waals surface area (Å²) in [5.74, 6) is -2.29. The maximum absolute atomic E-state index is 13.0. The topological polar surface area (TPSA) is 99.8 Å². The Balaban J connectivity index is 4.00. The number of ether oxygens (including phenoxy) is 1. The zero-order valence-corrected chi connectivity index (χ0v) is 11.6. The molecule has 114 valence electrons. The molecule has 0 aliphatic rings. The Labute approximate surface area is 117 Å². The van der Waals surface area contributed by atoms with Crippen LogP contribution in [0.15, 0.2) is 21.4 Å². The van der Waals surface area contributed by atoms with Gasteiger partial charge in [0.25, 0.3) is 0 Å². The third-order valence-corrected chi connectivity index (χ3v) is 4.04. The van der Waals surface area contributed by atoms with Crippen LogP contribution in [0, 0.1) is 11.5 Å². The summed E-state index contributed by atoms with van der Waals surface area (Å²) < 4.78 is 58.9. The van der Waals surface area contributed by atoms with E-state index in [0.29, 0.717) is 12.1 Å². The molecule has 0 unspecified atom stereocenters. The minimum Gasteiger partial charge on any atom is -0.495 e. The largest absolute Gasteiger partial charge is 0.495 e. The van der Waals surface area contributed by atoms with Crippen LogP contribution in [0.3, 0.4) is 0 Å². The molecule has 21 heavy (non-hydrogen) atoms. The quantitative estimate of drug-likeness (QED) is 0.861. The van der Waals surface area contributed by atoms with Gasteiger partial charge in [-0.05, 0) is 12.1 Å². The number of halogens is 3. The first-order valence-corrected chi connectivity index (χ1v) is 7.10. The standard InChI is InChI=1S/C11H9F3N2O4S/c1-20-8-6(10(17)18)3-4-7(11(12,13)14)9(8)21(2,19)16-5-15/h3-4H,1-2H3,(H,17,18)/t21-/m1/s1. The second-order valence-corrected chi connectivity index (χ2v) is 6.02. The van der Waals surface area contributed by atoms with Crippen LogP contribution in [0.5, 0.6) is 5.75 Å². The zero-order valence-electron chi connectivity index (χ0n) is 10.8. The van der Waals surface area contributed by atoms with Crippen molar-refractivity contribution in [2.75, 3.05) is 13.4 Å². The average Bonchev–Trinajstić information content (AvgIpc) is 2.35. The van der Waals surface area contributed by atoms with Crippen LogP contribution in [-0.4, -0.2) is 28.7 Å². The number of rotatable bonds is 3. The molecule has 0 spiro atoms. The van der Waals surface area contributed by atoms with Gasteiger partial charge in [0.05, 0.1) is 22.4 Å². The van der Waals surface area contributed by atoms with Gasteiger partial charge >= 0.3 is 12.1 Å². The molecule has 0 radical (unpaired) electrons. The number of aromatic carboxylic acids is 1. The highest BCUT2D eigenvalue weighted by atomic mass is 32.2. The van der Waals surface area contributed by atoms with Gasteiger partial charge in [0.15, 0.2) is 5.75 Å². The van der Waals surface area contributed by atoms with Crippen molar-refractivity contribution in [2.24, 2.45) is 4.36 Å². The van der Waals surface area contributed by atoms with Crippen molar-refractivity contribution in [2.45, 2.75) is 11.1 Å². The minimum absolute atomic E-state index is 0.470. The Morgan fingerprint density at radius 2 is 2.05 bits per heavy atom. The lowest BCUT2D eigenvalue weighted by Crippen LogP contribution is -2.16. The van der Waals surface area contributed by atoms with E-state index in [4.69, 9.17) is 10.4 Å². The first kappa shape index (κ1) is 16.8. The number of carboxylic acids is 1. The Bertz CT molecular complexity index is 743. The highest BCUT2D eigenvalue weighted by molar-refractivity contribution is 7.93. The third kappa shape index (κ3) is 3.25. The molecule has 1 rings (SSSR count). The molecule has 1 aromatic rings. The molecule has 0 aromatic heterocycles. The number of carbonyl (C=O) groups is 1. The molecule has 1 N–H and O–H groups in total. The van der Waals surface area contributed by atoms with Crippen molar-refractivity contribution >= 4 is 15.7 Å². The number of nitrogens with zero attached hydrogens (tertiary/aromatic N) is 2. The normalized spacial score (nSPS) is 13.9. The molecule has 0 aliphatic heterocycles. The summed E-state index contributed by atoms with van der Waals surface area (Å²) in [5.41, 5.74) is -1.97. The van der Waals surface area contributed by atoms with Crippen LogP contribution in [0.1, 0.15) is 15.9 Å². The van der Waals surface area contributed by atoms with Gasteiger partial charge in [-0.25, -0.2) is 9.00 Å². The maximum atomic E-state index is 13.0. The summed E-state index contributed by atoms with van der Waals surface area (Å²) in [6.45, 7) is 0. The summed E-state index contributed by atoms with van der Waals surface area (Å²) in [7, 11) is -2.88. The molecule has 0 saturated heterocycles. The molecule has 6 nitrogen and oxygen atoms in total. The highest BCUT2D eigenvalue weighted by Crippen LogP contribution is 2.41. The highest BCUT2D eigenvalue weighted by Gasteiger charge is 2.39. The fraction of sp³-hybridized carbons (Fsp3) is 0.273. The summed E-state index contributed by atoms with van der Waals surface area (Å²) in [6, 6.07) is 1.16. The molecule has 0 amide bonds. The van der Waals surface area contributed by atoms with E-state index in [1.807, 2.05) is 0 Å². The summed E-state index contributed by atoms with van der Waals surface area (Å²) in [6.07, 6.45) is -2.95. The number of methoxy groups -OCH3 is 1. The SMILES string of the molecule is COc1c(C(=O)O)ccc(C(F)(F)F)c1[S@@](C)(=O)=NC#N. The number of carboxylic acid groups (broad SMARTS) is 1. The molecule has 0 saturated carbocycles. The van der Waals surface area contributed by atoms with Crippen LogP contribution in [0.25, 0.3) is 0 Å². The van der Waals surface area contributed by atoms with E-state index in [1.54, 1.807) is 0 Å². The van der Waals surface area contributed by atoms with E-state index in [9.17, 15) is 22.2 Å². The fourth-order valence-corrected chi connectivity index (χ4v) is 3.03. The average molecular weight is 322 g/mol. The van der Waals surface area contributed by atoms with Crippen molar-refractivity contribution in [3.05, 3.63) is 23.3 Å². The van der Waals surface area contributed by atoms with Gasteiger partial charge in [-0.2, -0.15) is 18.4 Å². The van der Waals surface area contributed by atoms with Crippen molar-refractivity contribution in [1.82, 2.24) is 0 Å². The van der Waals surface area contributed by atoms with Gasteiger partial charge in [-0.3, -0.25) is 0 Å². The number of hydrogen-bond donors (Lipinski definition) is 1. The first-order valence-electron chi connectivity index (χ1n) is 5.18. The van der Waals surface area contributed by atoms with Crippen LogP contribution in [0.2, 0.25) is 0 Å². The molecule has 1 atom stereocenters. The molecular weight excluding hydrogens is 313 g/mol. The number of benzene rings is 1. The van der Waals surface area contributed by atoms with Crippen molar-refractivity contribution < 1.29 is 32.0 Å². The van der Waals surface area contributed by atoms with Crippen LogP contribution in [0.4, 0.5) is 13.2 Å². The molecule has 0 bridgehead atoms. The van der Waals surface area contributed by atoms with E-state index in [0.717, 1.165) is 19.6 Å². The lowest BCUT2D eigenvalue weighted by molar-refractivity contribution is -0.140. The Kier molecular flexibility index (Phi) is 4.48. The molecule has 10 heteroatoms. The van der Waals surface area contributed by atoms with Crippen LogP contribution >= 0.6 is 0 Å². The molecule has 0 aliphatic carbocycles. The minimum atomic E-state index is -4.91. The summed E-state index contributed by atoms with van der Waals surface area (Å²) >= 11 is 0. The van der Waals surface area contributed by atoms with E-state index < -0.39 is 43.6 Å². The molecule has 0 fully saturated rings. The Hall–Kier alpha value is -2.28. The predicted molar refractivity (Wildman–Crippen MR) is 65.3 cm³/mol. The van der Waals surface area contributed by atoms with Gasteiger partial charge in [0, 0.05) is 6.26 Å². The second-order valence-electron chi connectivity index (χ2n) is 3.82. The number of nitriles is 1. The summed E-state index contributed by atoms with van der Waals surface area (Å²) in [5, 5.41) is 17.4. The Morgan fingerprint density at radius 3 is 2.43 bits per heavy atom. The lowest BCUT2D eigenvalue weighted by Gasteiger charge is -2.18. The monoisotopic (exact) mass is 322 g/mol. The van der Waals surface area contributed by atoms with Crippen molar-refractivity contribution in [3.63, 3.8) is 0 Å². The zero-order chi connectivity index (χ0) is 16.4. The third-order valence-electron chi connectivity index (χ3n) is 2.45. The lowest BCUT2D eigenvalue weighted by atomic mass is 10.1. The van der Waals surface area contributed by atoms with E-state index in [2.05, 4.69) is 9.10 Å². The maximum Gasteiger partial charge on any atom is 0.417 e. The van der Waals surface area contributed by atoms with Crippen LogP contribution in [-0.2, 0) is 15.9 Å². The van der Waals surface area contributed by atoms with Crippen molar-refractivity contribution in [3.8, 4) is 11.9 Å².